The van der Waals surface area contributed by atoms with Gasteiger partial charge in [-0.25, -0.2) is 0 Å². The number of carbonyl (C=O) groups is 2. The summed E-state index contributed by atoms with van der Waals surface area (Å²) in [5, 5.41) is 2.98. The molecule has 0 unspecified atom stereocenters. The third-order valence-electron chi connectivity index (χ3n) is 8.64. The molecule has 1 aromatic rings. The molecule has 5 fully saturated rings. The van der Waals surface area contributed by atoms with E-state index in [0.29, 0.717) is 6.42 Å². The highest BCUT2D eigenvalue weighted by molar-refractivity contribution is 5.85. The highest BCUT2D eigenvalue weighted by atomic mass is 16.5. The standard InChI is InChI=1S/C27H39N3O3/c1-33-24-5-3-20(4-6-24)19-29-7-2-8-30(10-9-29)26(32)18-28-25(31)17-27-14-21-11-22(15-27)13-23(12-21)16-27/h3-6,21-23H,2,7-19H2,1H3,(H,28,31). The fourth-order valence-corrected chi connectivity index (χ4v) is 7.56. The average Bonchev–Trinajstić information content (AvgIpc) is 3.02. The second-order valence-corrected chi connectivity index (χ2v) is 11.2. The van der Waals surface area contributed by atoms with Crippen molar-refractivity contribution in [1.29, 1.82) is 0 Å². The Bertz CT molecular complexity index is 817. The molecule has 5 aliphatic rings. The van der Waals surface area contributed by atoms with Crippen LogP contribution in [0.25, 0.3) is 0 Å². The zero-order valence-corrected chi connectivity index (χ0v) is 20.1. The summed E-state index contributed by atoms with van der Waals surface area (Å²) in [5.74, 6) is 3.56. The summed E-state index contributed by atoms with van der Waals surface area (Å²) in [6.45, 7) is 4.35. The predicted octanol–water partition coefficient (Wildman–Crippen LogP) is 3.45. The van der Waals surface area contributed by atoms with Crippen LogP contribution in [-0.2, 0) is 16.1 Å². The minimum atomic E-state index is 0.0557. The molecule has 6 rings (SSSR count). The number of nitrogens with one attached hydrogen (secondary N) is 1. The number of ether oxygens (including phenoxy) is 1. The molecule has 1 N–H and O–H groups in total. The topological polar surface area (TPSA) is 61.9 Å². The Labute approximate surface area is 198 Å². The second-order valence-electron chi connectivity index (χ2n) is 11.2. The molecular formula is C27H39N3O3. The quantitative estimate of drug-likeness (QED) is 0.687. The number of carbonyl (C=O) groups excluding carboxylic acids is 2. The summed E-state index contributed by atoms with van der Waals surface area (Å²) in [6, 6.07) is 8.20. The van der Waals surface area contributed by atoms with Gasteiger partial charge in [-0.2, -0.15) is 0 Å². The van der Waals surface area contributed by atoms with Gasteiger partial charge in [0.05, 0.1) is 13.7 Å². The molecule has 0 radical (unpaired) electrons. The van der Waals surface area contributed by atoms with Gasteiger partial charge in [-0.3, -0.25) is 14.5 Å². The van der Waals surface area contributed by atoms with Gasteiger partial charge in [0.1, 0.15) is 5.75 Å². The molecule has 1 heterocycles. The normalized spacial score (nSPS) is 31.3. The second kappa shape index (κ2) is 9.65. The lowest BCUT2D eigenvalue weighted by atomic mass is 9.49. The van der Waals surface area contributed by atoms with Crippen LogP contribution in [0.1, 0.15) is 56.9 Å². The van der Waals surface area contributed by atoms with Crippen LogP contribution >= 0.6 is 0 Å². The van der Waals surface area contributed by atoms with Crippen molar-refractivity contribution in [1.82, 2.24) is 15.1 Å². The third kappa shape index (κ3) is 5.37. The number of benzene rings is 1. The van der Waals surface area contributed by atoms with Crippen LogP contribution in [0.3, 0.4) is 0 Å². The molecule has 0 spiro atoms. The van der Waals surface area contributed by atoms with Gasteiger partial charge in [0.15, 0.2) is 0 Å². The summed E-state index contributed by atoms with van der Waals surface area (Å²) in [6.07, 6.45) is 9.46. The summed E-state index contributed by atoms with van der Waals surface area (Å²) in [7, 11) is 1.68. The molecule has 4 saturated carbocycles. The minimum absolute atomic E-state index is 0.0557. The van der Waals surface area contributed by atoms with Gasteiger partial charge in [0.25, 0.3) is 0 Å². The summed E-state index contributed by atoms with van der Waals surface area (Å²) >= 11 is 0. The molecule has 33 heavy (non-hydrogen) atoms. The Morgan fingerprint density at radius 3 is 2.27 bits per heavy atom. The van der Waals surface area contributed by atoms with Crippen molar-refractivity contribution in [2.75, 3.05) is 39.8 Å². The van der Waals surface area contributed by atoms with Gasteiger partial charge in [0.2, 0.25) is 11.8 Å². The number of rotatable bonds is 7. The molecule has 1 aromatic carbocycles. The highest BCUT2D eigenvalue weighted by Gasteiger charge is 2.51. The minimum Gasteiger partial charge on any atom is -0.497 e. The number of hydrogen-bond donors (Lipinski definition) is 1. The first-order valence-corrected chi connectivity index (χ1v) is 12.9. The predicted molar refractivity (Wildman–Crippen MR) is 128 cm³/mol. The molecule has 1 aliphatic heterocycles. The lowest BCUT2D eigenvalue weighted by Crippen LogP contribution is -2.49. The molecular weight excluding hydrogens is 414 g/mol. The van der Waals surface area contributed by atoms with Crippen LogP contribution in [0, 0.1) is 23.2 Å². The van der Waals surface area contributed by atoms with Crippen molar-refractivity contribution in [2.45, 2.75) is 57.9 Å². The van der Waals surface area contributed by atoms with Gasteiger partial charge in [-0.15, -0.1) is 0 Å². The van der Waals surface area contributed by atoms with Crippen molar-refractivity contribution >= 4 is 11.8 Å². The van der Waals surface area contributed by atoms with Gasteiger partial charge in [-0.1, -0.05) is 12.1 Å². The van der Waals surface area contributed by atoms with Crippen molar-refractivity contribution < 1.29 is 14.3 Å². The summed E-state index contributed by atoms with van der Waals surface area (Å²) in [5.41, 5.74) is 1.49. The van der Waals surface area contributed by atoms with Crippen molar-refractivity contribution in [2.24, 2.45) is 23.2 Å². The number of amides is 2. The summed E-state index contributed by atoms with van der Waals surface area (Å²) in [4.78, 5) is 30.0. The van der Waals surface area contributed by atoms with Gasteiger partial charge in [0, 0.05) is 39.1 Å². The zero-order chi connectivity index (χ0) is 22.8. The van der Waals surface area contributed by atoms with Gasteiger partial charge in [-0.05, 0) is 85.8 Å². The van der Waals surface area contributed by atoms with Crippen LogP contribution in [0.15, 0.2) is 24.3 Å². The molecule has 4 aliphatic carbocycles. The zero-order valence-electron chi connectivity index (χ0n) is 20.1. The van der Waals surface area contributed by atoms with Crippen LogP contribution in [0.4, 0.5) is 0 Å². The summed E-state index contributed by atoms with van der Waals surface area (Å²) < 4.78 is 5.24. The molecule has 1 saturated heterocycles. The maximum absolute atomic E-state index is 12.8. The van der Waals surface area contributed by atoms with E-state index in [-0.39, 0.29) is 23.8 Å². The van der Waals surface area contributed by atoms with E-state index in [0.717, 1.165) is 62.6 Å². The van der Waals surface area contributed by atoms with E-state index in [1.54, 1.807) is 7.11 Å². The maximum Gasteiger partial charge on any atom is 0.242 e. The fraction of sp³-hybridized carbons (Fsp3) is 0.704. The molecule has 2 amide bonds. The molecule has 6 heteroatoms. The molecule has 0 atom stereocenters. The Balaban J connectivity index is 1.06. The molecule has 0 aromatic heterocycles. The smallest absolute Gasteiger partial charge is 0.242 e. The van der Waals surface area contributed by atoms with Crippen LogP contribution < -0.4 is 10.1 Å². The first kappa shape index (κ1) is 22.7. The third-order valence-corrected chi connectivity index (χ3v) is 8.64. The number of methoxy groups -OCH3 is 1. The van der Waals surface area contributed by atoms with Gasteiger partial charge >= 0.3 is 0 Å². The van der Waals surface area contributed by atoms with E-state index in [4.69, 9.17) is 4.74 Å². The monoisotopic (exact) mass is 453 g/mol. The Morgan fingerprint density at radius 1 is 0.970 bits per heavy atom. The average molecular weight is 454 g/mol. The molecule has 180 valence electrons. The number of nitrogens with zero attached hydrogens (tertiary/aromatic N) is 2. The first-order chi connectivity index (χ1) is 16.0. The van der Waals surface area contributed by atoms with E-state index in [1.165, 1.54) is 44.1 Å². The highest BCUT2D eigenvalue weighted by Crippen LogP contribution is 2.61. The van der Waals surface area contributed by atoms with Crippen molar-refractivity contribution in [3.8, 4) is 5.75 Å². The SMILES string of the molecule is COc1ccc(CN2CCCN(C(=O)CNC(=O)CC34CC5CC(CC(C5)C3)C4)CC2)cc1. The van der Waals surface area contributed by atoms with Crippen LogP contribution in [0.2, 0.25) is 0 Å². The first-order valence-electron chi connectivity index (χ1n) is 12.9. The van der Waals surface area contributed by atoms with E-state index in [2.05, 4.69) is 22.3 Å². The maximum atomic E-state index is 12.8. The Morgan fingerprint density at radius 2 is 1.64 bits per heavy atom. The van der Waals surface area contributed by atoms with E-state index in [1.807, 2.05) is 17.0 Å². The molecule has 4 bridgehead atoms. The van der Waals surface area contributed by atoms with Crippen molar-refractivity contribution in [3.05, 3.63) is 29.8 Å². The lowest BCUT2D eigenvalue weighted by molar-refractivity contribution is -0.135. The van der Waals surface area contributed by atoms with E-state index >= 15 is 0 Å². The Kier molecular flexibility index (Phi) is 6.64. The van der Waals surface area contributed by atoms with Gasteiger partial charge < -0.3 is 15.0 Å². The Hall–Kier alpha value is -2.08. The molecule has 6 nitrogen and oxygen atoms in total. The lowest BCUT2D eigenvalue weighted by Gasteiger charge is -2.56. The van der Waals surface area contributed by atoms with Crippen LogP contribution in [0.5, 0.6) is 5.75 Å². The fourth-order valence-electron chi connectivity index (χ4n) is 7.56. The van der Waals surface area contributed by atoms with Crippen molar-refractivity contribution in [3.63, 3.8) is 0 Å². The number of hydrogen-bond acceptors (Lipinski definition) is 4. The van der Waals surface area contributed by atoms with E-state index in [9.17, 15) is 9.59 Å². The van der Waals surface area contributed by atoms with Crippen LogP contribution in [-0.4, -0.2) is 61.4 Å². The van der Waals surface area contributed by atoms with E-state index < -0.39 is 0 Å². The largest absolute Gasteiger partial charge is 0.497 e.